The van der Waals surface area contributed by atoms with Crippen LogP contribution in [0.15, 0.2) is 0 Å². The van der Waals surface area contributed by atoms with E-state index in [1.807, 2.05) is 0 Å². The van der Waals surface area contributed by atoms with E-state index in [1.54, 1.807) is 0 Å². The Morgan fingerprint density at radius 1 is 0.540 bits per heavy atom. The summed E-state index contributed by atoms with van der Waals surface area (Å²) < 4.78 is 5.43. The second kappa shape index (κ2) is 40.3. The van der Waals surface area contributed by atoms with E-state index in [4.69, 9.17) is 4.74 Å². The van der Waals surface area contributed by atoms with Crippen LogP contribution in [0.4, 0.5) is 0 Å². The number of hydrogen-bond donors (Lipinski definition) is 1. The third-order valence-corrected chi connectivity index (χ3v) is 10.4. The maximum atomic E-state index is 12.9. The SMILES string of the molecule is CCCCCCCCCOC(=O)CCCCCCCN(CCCCCCCC(=O)CC(CCCCCC)CCCCCCC)CCCNC=O. The highest BCUT2D eigenvalue weighted by Crippen LogP contribution is 2.23. The van der Waals surface area contributed by atoms with Gasteiger partial charge in [-0.1, -0.05) is 168 Å². The number of ether oxygens (including phenoxy) is 1. The van der Waals surface area contributed by atoms with Gasteiger partial charge in [-0.2, -0.15) is 0 Å². The average molecular weight is 707 g/mol. The van der Waals surface area contributed by atoms with Crippen molar-refractivity contribution >= 4 is 18.2 Å². The van der Waals surface area contributed by atoms with Crippen LogP contribution >= 0.6 is 0 Å². The maximum absolute atomic E-state index is 12.9. The molecule has 1 unspecified atom stereocenters. The predicted octanol–water partition coefficient (Wildman–Crippen LogP) is 12.3. The van der Waals surface area contributed by atoms with Crippen LogP contribution in [0, 0.1) is 5.92 Å². The molecule has 0 aromatic heterocycles. The molecule has 0 bridgehead atoms. The molecule has 0 saturated carbocycles. The second-order valence-electron chi connectivity index (χ2n) is 15.3. The van der Waals surface area contributed by atoms with Gasteiger partial charge in [0.1, 0.15) is 5.78 Å². The van der Waals surface area contributed by atoms with Gasteiger partial charge in [0, 0.05) is 25.8 Å². The molecular formula is C44H86N2O4. The van der Waals surface area contributed by atoms with E-state index in [-0.39, 0.29) is 5.97 Å². The fourth-order valence-corrected chi connectivity index (χ4v) is 7.11. The summed E-state index contributed by atoms with van der Waals surface area (Å²) in [5.74, 6) is 1.10. The Labute approximate surface area is 311 Å². The lowest BCUT2D eigenvalue weighted by atomic mass is 9.89. The lowest BCUT2D eigenvalue weighted by Crippen LogP contribution is -2.29. The summed E-state index contributed by atoms with van der Waals surface area (Å²) in [6.45, 7) is 11.4. The van der Waals surface area contributed by atoms with Crippen LogP contribution in [-0.4, -0.2) is 55.8 Å². The van der Waals surface area contributed by atoms with Crippen LogP contribution in [-0.2, 0) is 19.1 Å². The maximum Gasteiger partial charge on any atom is 0.305 e. The van der Waals surface area contributed by atoms with Crippen molar-refractivity contribution in [3.63, 3.8) is 0 Å². The molecule has 296 valence electrons. The van der Waals surface area contributed by atoms with Crippen LogP contribution < -0.4 is 5.32 Å². The van der Waals surface area contributed by atoms with Crippen molar-refractivity contribution < 1.29 is 19.1 Å². The van der Waals surface area contributed by atoms with E-state index >= 15 is 0 Å². The largest absolute Gasteiger partial charge is 0.466 e. The molecule has 1 amide bonds. The van der Waals surface area contributed by atoms with Gasteiger partial charge in [-0.05, 0) is 64.1 Å². The molecule has 0 spiro atoms. The van der Waals surface area contributed by atoms with Gasteiger partial charge in [0.05, 0.1) is 6.61 Å². The number of rotatable bonds is 42. The monoisotopic (exact) mass is 707 g/mol. The van der Waals surface area contributed by atoms with Crippen LogP contribution in [0.2, 0.25) is 0 Å². The van der Waals surface area contributed by atoms with Gasteiger partial charge < -0.3 is 15.0 Å². The minimum Gasteiger partial charge on any atom is -0.466 e. The Kier molecular flexibility index (Phi) is 39.2. The first-order valence-electron chi connectivity index (χ1n) is 22.1. The number of nitrogens with zero attached hydrogens (tertiary/aromatic N) is 1. The molecule has 0 aromatic carbocycles. The predicted molar refractivity (Wildman–Crippen MR) is 215 cm³/mol. The molecule has 0 rings (SSSR count). The summed E-state index contributed by atoms with van der Waals surface area (Å²) in [6.07, 6.45) is 38.4. The molecule has 0 aliphatic carbocycles. The molecule has 50 heavy (non-hydrogen) atoms. The molecule has 1 N–H and O–H groups in total. The molecule has 1 atom stereocenters. The van der Waals surface area contributed by atoms with Crippen molar-refractivity contribution in [1.29, 1.82) is 0 Å². The summed E-state index contributed by atoms with van der Waals surface area (Å²) in [6, 6.07) is 0. The van der Waals surface area contributed by atoms with E-state index in [1.165, 1.54) is 154 Å². The summed E-state index contributed by atoms with van der Waals surface area (Å²) in [4.78, 5) is 38.1. The zero-order chi connectivity index (χ0) is 36.6. The van der Waals surface area contributed by atoms with Gasteiger partial charge in [-0.15, -0.1) is 0 Å². The lowest BCUT2D eigenvalue weighted by molar-refractivity contribution is -0.143. The number of Topliss-reactive ketones (excluding diaryl/α,β-unsaturated/α-hetero) is 1. The zero-order valence-corrected chi connectivity index (χ0v) is 33.9. The van der Waals surface area contributed by atoms with E-state index in [2.05, 4.69) is 31.0 Å². The van der Waals surface area contributed by atoms with Gasteiger partial charge in [-0.25, -0.2) is 0 Å². The third-order valence-electron chi connectivity index (χ3n) is 10.4. The average Bonchev–Trinajstić information content (AvgIpc) is 3.11. The number of esters is 1. The molecular weight excluding hydrogens is 620 g/mol. The van der Waals surface area contributed by atoms with Gasteiger partial charge >= 0.3 is 5.97 Å². The fraction of sp³-hybridized carbons (Fsp3) is 0.932. The lowest BCUT2D eigenvalue weighted by Gasteiger charge is -2.22. The van der Waals surface area contributed by atoms with Crippen molar-refractivity contribution in [3.05, 3.63) is 0 Å². The Bertz CT molecular complexity index is 731. The molecule has 0 aromatic rings. The first kappa shape index (κ1) is 48.6. The summed E-state index contributed by atoms with van der Waals surface area (Å²) >= 11 is 0. The number of hydrogen-bond acceptors (Lipinski definition) is 5. The molecule has 0 aliphatic rings. The molecule has 0 fully saturated rings. The van der Waals surface area contributed by atoms with Gasteiger partial charge in [0.2, 0.25) is 6.41 Å². The highest BCUT2D eigenvalue weighted by atomic mass is 16.5. The Balaban J connectivity index is 4.09. The molecule has 6 heteroatoms. The van der Waals surface area contributed by atoms with Crippen molar-refractivity contribution in [2.75, 3.05) is 32.8 Å². The number of amides is 1. The van der Waals surface area contributed by atoms with E-state index in [0.717, 1.165) is 77.5 Å². The number of carbonyl (C=O) groups is 3. The van der Waals surface area contributed by atoms with E-state index in [0.29, 0.717) is 24.7 Å². The summed E-state index contributed by atoms with van der Waals surface area (Å²) in [7, 11) is 0. The van der Waals surface area contributed by atoms with Crippen LogP contribution in [0.25, 0.3) is 0 Å². The van der Waals surface area contributed by atoms with Crippen molar-refractivity contribution in [2.45, 2.75) is 226 Å². The normalized spacial score (nSPS) is 12.0. The van der Waals surface area contributed by atoms with Gasteiger partial charge in [-0.3, -0.25) is 14.4 Å². The molecule has 0 heterocycles. The Hall–Kier alpha value is -1.43. The first-order valence-corrected chi connectivity index (χ1v) is 22.1. The van der Waals surface area contributed by atoms with E-state index in [9.17, 15) is 14.4 Å². The molecule has 0 saturated heterocycles. The molecule has 0 radical (unpaired) electrons. The zero-order valence-electron chi connectivity index (χ0n) is 33.9. The molecule has 0 aliphatic heterocycles. The number of unbranched alkanes of at least 4 members (excludes halogenated alkanes) is 21. The van der Waals surface area contributed by atoms with E-state index < -0.39 is 0 Å². The van der Waals surface area contributed by atoms with Crippen molar-refractivity contribution in [2.24, 2.45) is 5.92 Å². The standard InChI is InChI=1S/C44H86N2O4/c1-4-7-10-13-14-22-29-39-50-44(49)34-26-19-16-21-28-37-46(38-30-35-45-41-47)36-27-20-15-18-25-33-43(48)40-42(31-23-12-9-6-3)32-24-17-11-8-5-2/h41-42H,4-40H2,1-3H3,(H,45,47). The quantitative estimate of drug-likeness (QED) is 0.0388. The van der Waals surface area contributed by atoms with Gasteiger partial charge in [0.15, 0.2) is 0 Å². The second-order valence-corrected chi connectivity index (χ2v) is 15.3. The topological polar surface area (TPSA) is 75.7 Å². The van der Waals surface area contributed by atoms with Crippen molar-refractivity contribution in [1.82, 2.24) is 10.2 Å². The van der Waals surface area contributed by atoms with Gasteiger partial charge in [0.25, 0.3) is 0 Å². The minimum absolute atomic E-state index is 0.0250. The fourth-order valence-electron chi connectivity index (χ4n) is 7.11. The molecule has 6 nitrogen and oxygen atoms in total. The first-order chi connectivity index (χ1) is 24.6. The van der Waals surface area contributed by atoms with Crippen molar-refractivity contribution in [3.8, 4) is 0 Å². The van der Waals surface area contributed by atoms with Crippen LogP contribution in [0.5, 0.6) is 0 Å². The Morgan fingerprint density at radius 2 is 0.980 bits per heavy atom. The van der Waals surface area contributed by atoms with Crippen LogP contribution in [0.1, 0.15) is 226 Å². The summed E-state index contributed by atoms with van der Waals surface area (Å²) in [5.41, 5.74) is 0. The number of carbonyl (C=O) groups excluding carboxylic acids is 3. The Morgan fingerprint density at radius 3 is 1.54 bits per heavy atom. The summed E-state index contributed by atoms with van der Waals surface area (Å²) in [5, 5.41) is 2.80. The van der Waals surface area contributed by atoms with Crippen LogP contribution in [0.3, 0.4) is 0 Å². The number of nitrogens with one attached hydrogen (secondary N) is 1. The highest BCUT2D eigenvalue weighted by molar-refractivity contribution is 5.78. The smallest absolute Gasteiger partial charge is 0.305 e. The number of ketones is 1. The minimum atomic E-state index is -0.0250. The third kappa shape index (κ3) is 36.4. The highest BCUT2D eigenvalue weighted by Gasteiger charge is 2.14.